The van der Waals surface area contributed by atoms with Crippen molar-refractivity contribution in [3.63, 3.8) is 0 Å². The second-order valence-electron chi connectivity index (χ2n) is 6.55. The predicted molar refractivity (Wildman–Crippen MR) is 94.7 cm³/mol. The van der Waals surface area contributed by atoms with Crippen LogP contribution < -0.4 is 15.4 Å². The van der Waals surface area contributed by atoms with Crippen molar-refractivity contribution in [2.24, 2.45) is 0 Å². The summed E-state index contributed by atoms with van der Waals surface area (Å²) in [5.41, 5.74) is 2.27. The lowest BCUT2D eigenvalue weighted by molar-refractivity contribution is 0.0915. The van der Waals surface area contributed by atoms with E-state index < -0.39 is 0 Å². The number of hydrogen-bond donors (Lipinski definition) is 2. The van der Waals surface area contributed by atoms with Crippen LogP contribution in [0.4, 0.5) is 0 Å². The summed E-state index contributed by atoms with van der Waals surface area (Å²) in [6, 6.07) is 7.73. The second-order valence-corrected chi connectivity index (χ2v) is 6.55. The summed E-state index contributed by atoms with van der Waals surface area (Å²) >= 11 is 0. The zero-order valence-electron chi connectivity index (χ0n) is 15.0. The van der Waals surface area contributed by atoms with E-state index in [1.807, 2.05) is 32.0 Å². The minimum absolute atomic E-state index is 0.102. The van der Waals surface area contributed by atoms with Gasteiger partial charge in [0.05, 0.1) is 16.8 Å². The van der Waals surface area contributed by atoms with Gasteiger partial charge in [-0.05, 0) is 52.3 Å². The van der Waals surface area contributed by atoms with Gasteiger partial charge in [0.25, 0.3) is 5.91 Å². The second kappa shape index (κ2) is 7.70. The Balaban J connectivity index is 1.70. The Bertz CT molecular complexity index is 722. The Morgan fingerprint density at radius 3 is 2.92 bits per heavy atom. The van der Waals surface area contributed by atoms with E-state index in [4.69, 9.17) is 9.26 Å². The van der Waals surface area contributed by atoms with Gasteiger partial charge < -0.3 is 19.9 Å². The first-order chi connectivity index (χ1) is 12.1. The Hall–Kier alpha value is -2.34. The third kappa shape index (κ3) is 4.02. The third-order valence-corrected chi connectivity index (χ3v) is 4.76. The van der Waals surface area contributed by atoms with Gasteiger partial charge in [-0.3, -0.25) is 4.79 Å². The van der Waals surface area contributed by atoms with Crippen LogP contribution in [0, 0.1) is 13.8 Å². The molecule has 1 aliphatic heterocycles. The molecule has 1 saturated heterocycles. The highest BCUT2D eigenvalue weighted by Gasteiger charge is 2.24. The number of rotatable bonds is 5. The molecule has 1 aromatic heterocycles. The summed E-state index contributed by atoms with van der Waals surface area (Å²) < 4.78 is 11.1. The molecule has 134 valence electrons. The average Bonchev–Trinajstić information content (AvgIpc) is 2.93. The molecule has 1 fully saturated rings. The fourth-order valence-corrected chi connectivity index (χ4v) is 3.13. The van der Waals surface area contributed by atoms with E-state index >= 15 is 0 Å². The maximum atomic E-state index is 12.7. The summed E-state index contributed by atoms with van der Waals surface area (Å²) in [6.45, 7) is 7.17. The lowest BCUT2D eigenvalue weighted by Gasteiger charge is -2.30. The Labute approximate surface area is 147 Å². The molecule has 1 amide bonds. The van der Waals surface area contributed by atoms with Crippen LogP contribution in [-0.2, 0) is 6.61 Å². The molecule has 2 unspecified atom stereocenters. The van der Waals surface area contributed by atoms with Crippen LogP contribution in [0.5, 0.6) is 5.75 Å². The van der Waals surface area contributed by atoms with E-state index in [1.165, 1.54) is 0 Å². The van der Waals surface area contributed by atoms with Crippen LogP contribution in [0.25, 0.3) is 0 Å². The predicted octanol–water partition coefficient (Wildman–Crippen LogP) is 2.74. The molecule has 2 N–H and O–H groups in total. The molecule has 1 aromatic carbocycles. The standard InChI is InChI=1S/C19H25N3O3/c1-12-16(14(3)25-22-12)11-24-18-9-5-4-7-15(18)19(23)21-17-8-6-10-20-13(17)2/h4-5,7,9,13,17,20H,6,8,10-11H2,1-3H3,(H,21,23). The number of nitrogens with one attached hydrogen (secondary N) is 2. The van der Waals surface area contributed by atoms with Crippen molar-refractivity contribution in [1.82, 2.24) is 15.8 Å². The topological polar surface area (TPSA) is 76.4 Å². The first-order valence-corrected chi connectivity index (χ1v) is 8.74. The van der Waals surface area contributed by atoms with Crippen molar-refractivity contribution in [2.45, 2.75) is 52.3 Å². The summed E-state index contributed by atoms with van der Waals surface area (Å²) in [7, 11) is 0. The van der Waals surface area contributed by atoms with Crippen molar-refractivity contribution in [3.05, 3.63) is 46.8 Å². The van der Waals surface area contributed by atoms with Crippen molar-refractivity contribution in [2.75, 3.05) is 6.54 Å². The van der Waals surface area contributed by atoms with Gasteiger partial charge in [0.15, 0.2) is 0 Å². The van der Waals surface area contributed by atoms with Gasteiger partial charge in [-0.25, -0.2) is 0 Å². The molecule has 0 radical (unpaired) electrons. The van der Waals surface area contributed by atoms with E-state index in [9.17, 15) is 4.79 Å². The highest BCUT2D eigenvalue weighted by molar-refractivity contribution is 5.97. The molecule has 3 rings (SSSR count). The van der Waals surface area contributed by atoms with E-state index in [-0.39, 0.29) is 18.0 Å². The fourth-order valence-electron chi connectivity index (χ4n) is 3.13. The van der Waals surface area contributed by atoms with E-state index in [0.29, 0.717) is 17.9 Å². The summed E-state index contributed by atoms with van der Waals surface area (Å²) in [6.07, 6.45) is 2.06. The number of piperidine rings is 1. The molecule has 0 aliphatic carbocycles. The maximum absolute atomic E-state index is 12.7. The quantitative estimate of drug-likeness (QED) is 0.873. The van der Waals surface area contributed by atoms with Crippen LogP contribution >= 0.6 is 0 Å². The third-order valence-electron chi connectivity index (χ3n) is 4.76. The number of nitrogens with zero attached hydrogens (tertiary/aromatic N) is 1. The van der Waals surface area contributed by atoms with Crippen molar-refractivity contribution < 1.29 is 14.1 Å². The number of aromatic nitrogens is 1. The molecular weight excluding hydrogens is 318 g/mol. The van der Waals surface area contributed by atoms with E-state index in [1.54, 1.807) is 6.07 Å². The van der Waals surface area contributed by atoms with Crippen molar-refractivity contribution in [1.29, 1.82) is 0 Å². The lowest BCUT2D eigenvalue weighted by Crippen LogP contribution is -2.51. The molecule has 2 heterocycles. The highest BCUT2D eigenvalue weighted by atomic mass is 16.5. The number of para-hydroxylation sites is 1. The summed E-state index contributed by atoms with van der Waals surface area (Å²) in [5, 5.41) is 10.5. The molecular formula is C19H25N3O3. The highest BCUT2D eigenvalue weighted by Crippen LogP contribution is 2.22. The smallest absolute Gasteiger partial charge is 0.255 e. The minimum atomic E-state index is -0.102. The number of aryl methyl sites for hydroxylation is 2. The Kier molecular flexibility index (Phi) is 5.38. The van der Waals surface area contributed by atoms with Crippen molar-refractivity contribution in [3.8, 4) is 5.75 Å². The van der Waals surface area contributed by atoms with Crippen LogP contribution in [0.3, 0.4) is 0 Å². The zero-order valence-corrected chi connectivity index (χ0v) is 15.0. The normalized spacial score (nSPS) is 20.3. The van der Waals surface area contributed by atoms with Gasteiger partial charge in [0, 0.05) is 12.1 Å². The van der Waals surface area contributed by atoms with E-state index in [0.717, 1.165) is 36.4 Å². The number of hydrogen-bond acceptors (Lipinski definition) is 5. The van der Waals surface area contributed by atoms with E-state index in [2.05, 4.69) is 22.7 Å². The van der Waals surface area contributed by atoms with Gasteiger partial charge >= 0.3 is 0 Å². The molecule has 0 bridgehead atoms. The first kappa shape index (κ1) is 17.5. The number of carbonyl (C=O) groups excluding carboxylic acids is 1. The maximum Gasteiger partial charge on any atom is 0.255 e. The summed E-state index contributed by atoms with van der Waals surface area (Å²) in [5.74, 6) is 1.20. The SMILES string of the molecule is Cc1noc(C)c1COc1ccccc1C(=O)NC1CCCNC1C. The van der Waals surface area contributed by atoms with Gasteiger partial charge in [0.2, 0.25) is 0 Å². The van der Waals surface area contributed by atoms with Crippen molar-refractivity contribution >= 4 is 5.91 Å². The molecule has 2 atom stereocenters. The molecule has 25 heavy (non-hydrogen) atoms. The monoisotopic (exact) mass is 343 g/mol. The van der Waals surface area contributed by atoms with Gasteiger partial charge in [-0.2, -0.15) is 0 Å². The largest absolute Gasteiger partial charge is 0.488 e. The number of benzene rings is 1. The van der Waals surface area contributed by atoms with Crippen LogP contribution in [0.15, 0.2) is 28.8 Å². The molecule has 1 aliphatic rings. The number of amides is 1. The summed E-state index contributed by atoms with van der Waals surface area (Å²) in [4.78, 5) is 12.7. The molecule has 6 heteroatoms. The molecule has 2 aromatic rings. The van der Waals surface area contributed by atoms with Gasteiger partial charge in [-0.15, -0.1) is 0 Å². The first-order valence-electron chi connectivity index (χ1n) is 8.74. The van der Waals surface area contributed by atoms with Crippen LogP contribution in [-0.4, -0.2) is 29.7 Å². The molecule has 0 saturated carbocycles. The number of carbonyl (C=O) groups is 1. The zero-order chi connectivity index (χ0) is 17.8. The average molecular weight is 343 g/mol. The Morgan fingerprint density at radius 1 is 1.40 bits per heavy atom. The van der Waals surface area contributed by atoms with Gasteiger partial charge in [0.1, 0.15) is 18.1 Å². The fraction of sp³-hybridized carbons (Fsp3) is 0.474. The minimum Gasteiger partial charge on any atom is -0.488 e. The lowest BCUT2D eigenvalue weighted by atomic mass is 9.99. The molecule has 6 nitrogen and oxygen atoms in total. The van der Waals surface area contributed by atoms with Gasteiger partial charge in [-0.1, -0.05) is 17.3 Å². The van der Waals surface area contributed by atoms with Crippen LogP contribution in [0.1, 0.15) is 47.1 Å². The van der Waals surface area contributed by atoms with Crippen LogP contribution in [0.2, 0.25) is 0 Å². The number of ether oxygens (including phenoxy) is 1. The molecule has 0 spiro atoms. The Morgan fingerprint density at radius 2 is 2.20 bits per heavy atom.